The van der Waals surface area contributed by atoms with Gasteiger partial charge in [-0.1, -0.05) is 15.9 Å². The third-order valence-corrected chi connectivity index (χ3v) is 3.17. The van der Waals surface area contributed by atoms with Crippen LogP contribution >= 0.6 is 31.9 Å². The zero-order chi connectivity index (χ0) is 13.7. The lowest BCUT2D eigenvalue weighted by Crippen LogP contribution is -2.16. The highest BCUT2D eigenvalue weighted by Gasteiger charge is 2.16. The quantitative estimate of drug-likeness (QED) is 0.823. The SMILES string of the molecule is COCCC(=O)Nc1c(Br)cc(Br)cc1C(=O)O. The van der Waals surface area contributed by atoms with Crippen LogP contribution in [-0.2, 0) is 9.53 Å². The van der Waals surface area contributed by atoms with Gasteiger partial charge in [0.15, 0.2) is 0 Å². The van der Waals surface area contributed by atoms with Gasteiger partial charge in [0, 0.05) is 16.1 Å². The minimum atomic E-state index is -1.11. The second-order valence-electron chi connectivity index (χ2n) is 3.41. The lowest BCUT2D eigenvalue weighted by Gasteiger charge is -2.11. The van der Waals surface area contributed by atoms with E-state index in [4.69, 9.17) is 9.84 Å². The van der Waals surface area contributed by atoms with E-state index in [2.05, 4.69) is 37.2 Å². The van der Waals surface area contributed by atoms with Gasteiger partial charge >= 0.3 is 5.97 Å². The van der Waals surface area contributed by atoms with Crippen molar-refractivity contribution in [2.75, 3.05) is 19.0 Å². The van der Waals surface area contributed by atoms with Crippen molar-refractivity contribution < 1.29 is 19.4 Å². The Morgan fingerprint density at radius 3 is 2.61 bits per heavy atom. The molecular weight excluding hydrogens is 370 g/mol. The largest absolute Gasteiger partial charge is 0.478 e. The first-order valence-electron chi connectivity index (χ1n) is 4.96. The minimum absolute atomic E-state index is 0.0158. The van der Waals surface area contributed by atoms with E-state index in [0.29, 0.717) is 8.95 Å². The standard InChI is InChI=1S/C11H11Br2NO4/c1-18-3-2-9(15)14-10-7(11(16)17)4-6(12)5-8(10)13/h4-5H,2-3H2,1H3,(H,14,15)(H,16,17). The molecule has 0 heterocycles. The normalized spacial score (nSPS) is 10.2. The van der Waals surface area contributed by atoms with E-state index in [1.807, 2.05) is 0 Å². The number of carboxylic acids is 1. The maximum Gasteiger partial charge on any atom is 0.337 e. The first-order valence-corrected chi connectivity index (χ1v) is 6.55. The van der Waals surface area contributed by atoms with E-state index >= 15 is 0 Å². The number of hydrogen-bond acceptors (Lipinski definition) is 3. The number of carbonyl (C=O) groups is 2. The first kappa shape index (κ1) is 15.1. The molecule has 0 spiro atoms. The van der Waals surface area contributed by atoms with Gasteiger partial charge in [-0.05, 0) is 28.1 Å². The number of amides is 1. The highest BCUT2D eigenvalue weighted by molar-refractivity contribution is 9.11. The van der Waals surface area contributed by atoms with Crippen LogP contribution in [0.1, 0.15) is 16.8 Å². The van der Waals surface area contributed by atoms with Crippen molar-refractivity contribution in [3.05, 3.63) is 26.6 Å². The Bertz CT molecular complexity index is 476. The Hall–Kier alpha value is -0.920. The molecule has 0 radical (unpaired) electrons. The molecule has 5 nitrogen and oxygen atoms in total. The maximum atomic E-state index is 11.6. The van der Waals surface area contributed by atoms with Gasteiger partial charge < -0.3 is 15.2 Å². The van der Waals surface area contributed by atoms with Crippen LogP contribution in [0.15, 0.2) is 21.1 Å². The summed E-state index contributed by atoms with van der Waals surface area (Å²) in [6.45, 7) is 0.280. The first-order chi connectivity index (χ1) is 8.45. The van der Waals surface area contributed by atoms with Gasteiger partial charge in [0.1, 0.15) is 0 Å². The summed E-state index contributed by atoms with van der Waals surface area (Å²) >= 11 is 6.42. The Balaban J connectivity index is 3.00. The molecule has 1 rings (SSSR count). The number of halogens is 2. The van der Waals surface area contributed by atoms with Crippen molar-refractivity contribution in [2.24, 2.45) is 0 Å². The molecule has 0 aliphatic carbocycles. The number of carboxylic acid groups (broad SMARTS) is 1. The zero-order valence-corrected chi connectivity index (χ0v) is 12.7. The van der Waals surface area contributed by atoms with Gasteiger partial charge in [0.05, 0.1) is 24.3 Å². The smallest absolute Gasteiger partial charge is 0.337 e. The molecule has 0 aliphatic rings. The van der Waals surface area contributed by atoms with Crippen LogP contribution in [0.4, 0.5) is 5.69 Å². The molecule has 0 atom stereocenters. The third kappa shape index (κ3) is 4.08. The number of benzene rings is 1. The Morgan fingerprint density at radius 1 is 1.39 bits per heavy atom. The molecule has 2 N–H and O–H groups in total. The van der Waals surface area contributed by atoms with Crippen LogP contribution in [0.25, 0.3) is 0 Å². The molecule has 0 unspecified atom stereocenters. The molecule has 1 aromatic carbocycles. The molecule has 0 fully saturated rings. The van der Waals surface area contributed by atoms with Crippen molar-refractivity contribution >= 4 is 49.4 Å². The van der Waals surface area contributed by atoms with Crippen LogP contribution in [-0.4, -0.2) is 30.7 Å². The number of hydrogen-bond donors (Lipinski definition) is 2. The number of nitrogens with one attached hydrogen (secondary N) is 1. The maximum absolute atomic E-state index is 11.6. The zero-order valence-electron chi connectivity index (χ0n) is 9.50. The van der Waals surface area contributed by atoms with Gasteiger partial charge in [0.2, 0.25) is 5.91 Å². The van der Waals surface area contributed by atoms with Gasteiger partial charge in [-0.3, -0.25) is 4.79 Å². The van der Waals surface area contributed by atoms with Crippen LogP contribution in [0, 0.1) is 0 Å². The summed E-state index contributed by atoms with van der Waals surface area (Å²) in [5.74, 6) is -1.42. The molecule has 1 aromatic rings. The summed E-state index contributed by atoms with van der Waals surface area (Å²) in [6, 6.07) is 3.09. The van der Waals surface area contributed by atoms with Crippen LogP contribution in [0.2, 0.25) is 0 Å². The number of rotatable bonds is 5. The average molecular weight is 381 g/mol. The molecule has 0 saturated carbocycles. The number of methoxy groups -OCH3 is 1. The molecule has 18 heavy (non-hydrogen) atoms. The lowest BCUT2D eigenvalue weighted by molar-refractivity contribution is -0.117. The van der Waals surface area contributed by atoms with E-state index < -0.39 is 5.97 Å². The Morgan fingerprint density at radius 2 is 2.06 bits per heavy atom. The topological polar surface area (TPSA) is 75.6 Å². The van der Waals surface area contributed by atoms with Crippen LogP contribution in [0.5, 0.6) is 0 Å². The van der Waals surface area contributed by atoms with Crippen molar-refractivity contribution in [3.8, 4) is 0 Å². The van der Waals surface area contributed by atoms with Crippen molar-refractivity contribution in [3.63, 3.8) is 0 Å². The van der Waals surface area contributed by atoms with E-state index in [1.165, 1.54) is 13.2 Å². The van der Waals surface area contributed by atoms with Crippen LogP contribution in [0.3, 0.4) is 0 Å². The molecule has 0 aromatic heterocycles. The summed E-state index contributed by atoms with van der Waals surface area (Å²) in [4.78, 5) is 22.7. The van der Waals surface area contributed by atoms with E-state index in [0.717, 1.165) is 0 Å². The molecule has 0 bridgehead atoms. The van der Waals surface area contributed by atoms with Crippen molar-refractivity contribution in [2.45, 2.75) is 6.42 Å². The monoisotopic (exact) mass is 379 g/mol. The summed E-state index contributed by atoms with van der Waals surface area (Å²) < 4.78 is 5.89. The number of carbonyl (C=O) groups excluding carboxylic acids is 1. The van der Waals surface area contributed by atoms with E-state index in [1.54, 1.807) is 6.07 Å². The van der Waals surface area contributed by atoms with E-state index in [-0.39, 0.29) is 30.2 Å². The number of anilines is 1. The van der Waals surface area contributed by atoms with Gasteiger partial charge in [-0.25, -0.2) is 4.79 Å². The highest BCUT2D eigenvalue weighted by Crippen LogP contribution is 2.31. The predicted molar refractivity (Wildman–Crippen MR) is 73.9 cm³/mol. The second-order valence-corrected chi connectivity index (χ2v) is 5.18. The van der Waals surface area contributed by atoms with Crippen molar-refractivity contribution in [1.29, 1.82) is 0 Å². The summed E-state index contributed by atoms with van der Waals surface area (Å²) in [7, 11) is 1.49. The lowest BCUT2D eigenvalue weighted by atomic mass is 10.1. The number of aromatic carboxylic acids is 1. The van der Waals surface area contributed by atoms with Crippen molar-refractivity contribution in [1.82, 2.24) is 0 Å². The fraction of sp³-hybridized carbons (Fsp3) is 0.273. The minimum Gasteiger partial charge on any atom is -0.478 e. The second kappa shape index (κ2) is 6.86. The van der Waals surface area contributed by atoms with Gasteiger partial charge in [-0.2, -0.15) is 0 Å². The summed E-state index contributed by atoms with van der Waals surface area (Å²) in [5.41, 5.74) is 0.258. The summed E-state index contributed by atoms with van der Waals surface area (Å²) in [6.07, 6.45) is 0.165. The fourth-order valence-corrected chi connectivity index (χ4v) is 2.59. The predicted octanol–water partition coefficient (Wildman–Crippen LogP) is 2.88. The Kier molecular flexibility index (Phi) is 5.77. The molecule has 7 heteroatoms. The Labute approximate surface area is 121 Å². The molecular formula is C11H11Br2NO4. The summed E-state index contributed by atoms with van der Waals surface area (Å²) in [5, 5.41) is 11.6. The van der Waals surface area contributed by atoms with Gasteiger partial charge in [0.25, 0.3) is 0 Å². The van der Waals surface area contributed by atoms with E-state index in [9.17, 15) is 9.59 Å². The molecule has 0 saturated heterocycles. The molecule has 98 valence electrons. The molecule has 1 amide bonds. The third-order valence-electron chi connectivity index (χ3n) is 2.08. The van der Waals surface area contributed by atoms with Crippen LogP contribution < -0.4 is 5.32 Å². The number of ether oxygens (including phenoxy) is 1. The average Bonchev–Trinajstić information content (AvgIpc) is 2.29. The van der Waals surface area contributed by atoms with Gasteiger partial charge in [-0.15, -0.1) is 0 Å². The fourth-order valence-electron chi connectivity index (χ4n) is 1.27. The highest BCUT2D eigenvalue weighted by atomic mass is 79.9. The molecule has 0 aliphatic heterocycles.